The highest BCUT2D eigenvalue weighted by Crippen LogP contribution is 2.47. The van der Waals surface area contributed by atoms with E-state index in [1.807, 2.05) is 30.3 Å². The summed E-state index contributed by atoms with van der Waals surface area (Å²) in [6.07, 6.45) is 1.86. The molecule has 0 saturated heterocycles. The lowest BCUT2D eigenvalue weighted by Crippen LogP contribution is -2.08. The molecule has 0 aliphatic heterocycles. The molecule has 0 bridgehead atoms. The van der Waals surface area contributed by atoms with Gasteiger partial charge in [-0.3, -0.25) is 0 Å². The monoisotopic (exact) mass is 329 g/mol. The third kappa shape index (κ3) is 2.21. The van der Waals surface area contributed by atoms with Crippen molar-refractivity contribution in [1.82, 2.24) is 4.57 Å². The SMILES string of the molecule is O=C(O)c1c(C2CC2)c2cc(F)c(Cl)cc2n1-c1ccccc1. The number of hydrogen-bond acceptors (Lipinski definition) is 1. The van der Waals surface area contributed by atoms with Gasteiger partial charge < -0.3 is 9.67 Å². The van der Waals surface area contributed by atoms with E-state index >= 15 is 0 Å². The van der Waals surface area contributed by atoms with Gasteiger partial charge in [0.05, 0.1) is 10.5 Å². The first-order valence-corrected chi connectivity index (χ1v) is 7.78. The smallest absolute Gasteiger partial charge is 0.353 e. The lowest BCUT2D eigenvalue weighted by atomic mass is 10.1. The molecule has 1 aromatic heterocycles. The van der Waals surface area contributed by atoms with Gasteiger partial charge in [0.2, 0.25) is 0 Å². The normalized spacial score (nSPS) is 14.3. The summed E-state index contributed by atoms with van der Waals surface area (Å²) in [5.41, 5.74) is 2.27. The number of rotatable bonds is 3. The maximum atomic E-state index is 14.0. The third-order valence-corrected chi connectivity index (χ3v) is 4.54. The number of halogens is 2. The number of carbonyl (C=O) groups is 1. The summed E-state index contributed by atoms with van der Waals surface area (Å²) in [5.74, 6) is -1.36. The van der Waals surface area contributed by atoms with Gasteiger partial charge >= 0.3 is 5.97 Å². The maximum Gasteiger partial charge on any atom is 0.353 e. The minimum Gasteiger partial charge on any atom is -0.477 e. The fourth-order valence-electron chi connectivity index (χ4n) is 3.15. The molecule has 2 aromatic carbocycles. The average Bonchev–Trinajstić information content (AvgIpc) is 3.31. The number of carboxylic acid groups (broad SMARTS) is 1. The highest BCUT2D eigenvalue weighted by Gasteiger charge is 2.34. The highest BCUT2D eigenvalue weighted by molar-refractivity contribution is 6.31. The van der Waals surface area contributed by atoms with E-state index in [1.54, 1.807) is 4.57 Å². The summed E-state index contributed by atoms with van der Waals surface area (Å²) in [4.78, 5) is 11.9. The maximum absolute atomic E-state index is 14.0. The van der Waals surface area contributed by atoms with Crippen LogP contribution in [0.3, 0.4) is 0 Å². The molecule has 3 aromatic rings. The lowest BCUT2D eigenvalue weighted by Gasteiger charge is -2.09. The van der Waals surface area contributed by atoms with Crippen molar-refractivity contribution in [2.75, 3.05) is 0 Å². The van der Waals surface area contributed by atoms with Crippen molar-refractivity contribution >= 4 is 28.5 Å². The van der Waals surface area contributed by atoms with Crippen molar-refractivity contribution in [1.29, 1.82) is 0 Å². The van der Waals surface area contributed by atoms with Crippen LogP contribution in [-0.2, 0) is 0 Å². The highest BCUT2D eigenvalue weighted by atomic mass is 35.5. The molecule has 116 valence electrons. The number of aromatic carboxylic acids is 1. The van der Waals surface area contributed by atoms with E-state index in [9.17, 15) is 14.3 Å². The molecular weight excluding hydrogens is 317 g/mol. The van der Waals surface area contributed by atoms with Gasteiger partial charge in [0.25, 0.3) is 0 Å². The van der Waals surface area contributed by atoms with Crippen LogP contribution in [0.25, 0.3) is 16.6 Å². The van der Waals surface area contributed by atoms with Crippen LogP contribution in [0.1, 0.15) is 34.8 Å². The second-order valence-corrected chi connectivity index (χ2v) is 6.20. The Bertz CT molecular complexity index is 929. The Morgan fingerprint density at radius 2 is 1.91 bits per heavy atom. The minimum absolute atomic E-state index is 0.00790. The summed E-state index contributed by atoms with van der Waals surface area (Å²) in [6.45, 7) is 0. The molecule has 5 heteroatoms. The number of fused-ring (bicyclic) bond motifs is 1. The Balaban J connectivity index is 2.16. The van der Waals surface area contributed by atoms with Crippen LogP contribution >= 0.6 is 11.6 Å². The number of carboxylic acids is 1. The predicted octanol–water partition coefficient (Wildman–Crippen LogP) is 5.00. The van der Waals surface area contributed by atoms with Crippen LogP contribution in [0.15, 0.2) is 42.5 Å². The van der Waals surface area contributed by atoms with Crippen LogP contribution in [0.2, 0.25) is 5.02 Å². The third-order valence-electron chi connectivity index (χ3n) is 4.25. The van der Waals surface area contributed by atoms with Crippen LogP contribution in [0.4, 0.5) is 4.39 Å². The van der Waals surface area contributed by atoms with E-state index in [-0.39, 0.29) is 16.6 Å². The topological polar surface area (TPSA) is 42.2 Å². The molecule has 0 unspecified atom stereocenters. The molecule has 0 radical (unpaired) electrons. The first-order chi connectivity index (χ1) is 11.1. The second-order valence-electron chi connectivity index (χ2n) is 5.80. The van der Waals surface area contributed by atoms with Crippen LogP contribution in [0.5, 0.6) is 0 Å². The van der Waals surface area contributed by atoms with Gasteiger partial charge in [-0.05, 0) is 48.6 Å². The first kappa shape index (κ1) is 14.3. The number of aromatic nitrogens is 1. The van der Waals surface area contributed by atoms with E-state index in [0.717, 1.165) is 18.5 Å². The molecule has 23 heavy (non-hydrogen) atoms. The quantitative estimate of drug-likeness (QED) is 0.734. The Kier molecular flexibility index (Phi) is 3.16. The van der Waals surface area contributed by atoms with E-state index in [0.29, 0.717) is 16.5 Å². The zero-order chi connectivity index (χ0) is 16.1. The van der Waals surface area contributed by atoms with Crippen molar-refractivity contribution in [2.24, 2.45) is 0 Å². The number of nitrogens with zero attached hydrogens (tertiary/aromatic N) is 1. The fraction of sp³-hybridized carbons (Fsp3) is 0.167. The Morgan fingerprint density at radius 3 is 2.52 bits per heavy atom. The van der Waals surface area contributed by atoms with Gasteiger partial charge in [0.15, 0.2) is 0 Å². The van der Waals surface area contributed by atoms with Crippen molar-refractivity contribution in [3.8, 4) is 5.69 Å². The van der Waals surface area contributed by atoms with Gasteiger partial charge in [0, 0.05) is 11.1 Å². The molecule has 1 saturated carbocycles. The average molecular weight is 330 g/mol. The fourth-order valence-corrected chi connectivity index (χ4v) is 3.30. The predicted molar refractivity (Wildman–Crippen MR) is 87.2 cm³/mol. The zero-order valence-electron chi connectivity index (χ0n) is 12.1. The summed E-state index contributed by atoms with van der Waals surface area (Å²) >= 11 is 5.95. The standard InChI is InChI=1S/C18H13ClFNO2/c19-13-9-15-12(8-14(13)20)16(10-6-7-10)17(18(22)23)21(15)11-4-2-1-3-5-11/h1-5,8-10H,6-7H2,(H,22,23). The molecule has 1 N–H and O–H groups in total. The van der Waals surface area contributed by atoms with Gasteiger partial charge in [-0.1, -0.05) is 29.8 Å². The van der Waals surface area contributed by atoms with Gasteiger partial charge in [0.1, 0.15) is 11.5 Å². The second kappa shape index (κ2) is 5.10. The largest absolute Gasteiger partial charge is 0.477 e. The molecule has 1 aliphatic rings. The van der Waals surface area contributed by atoms with Gasteiger partial charge in [-0.15, -0.1) is 0 Å². The summed E-state index contributed by atoms with van der Waals surface area (Å²) in [6, 6.07) is 12.1. The summed E-state index contributed by atoms with van der Waals surface area (Å²) < 4.78 is 15.6. The Hall–Kier alpha value is -2.33. The summed E-state index contributed by atoms with van der Waals surface area (Å²) in [7, 11) is 0. The summed E-state index contributed by atoms with van der Waals surface area (Å²) in [5, 5.41) is 10.4. The number of benzene rings is 2. The Labute approximate surface area is 136 Å². The number of hydrogen-bond donors (Lipinski definition) is 1. The van der Waals surface area contributed by atoms with E-state index < -0.39 is 11.8 Å². The molecule has 1 fully saturated rings. The van der Waals surface area contributed by atoms with Crippen molar-refractivity contribution < 1.29 is 14.3 Å². The molecule has 0 amide bonds. The van der Waals surface area contributed by atoms with E-state index in [1.165, 1.54) is 12.1 Å². The first-order valence-electron chi connectivity index (χ1n) is 7.40. The van der Waals surface area contributed by atoms with E-state index in [2.05, 4.69) is 0 Å². The van der Waals surface area contributed by atoms with Gasteiger partial charge in [-0.2, -0.15) is 0 Å². The molecule has 3 nitrogen and oxygen atoms in total. The Morgan fingerprint density at radius 1 is 1.22 bits per heavy atom. The zero-order valence-corrected chi connectivity index (χ0v) is 12.8. The lowest BCUT2D eigenvalue weighted by molar-refractivity contribution is 0.0687. The molecule has 1 heterocycles. The van der Waals surface area contributed by atoms with Crippen molar-refractivity contribution in [2.45, 2.75) is 18.8 Å². The van der Waals surface area contributed by atoms with Crippen LogP contribution in [0, 0.1) is 5.82 Å². The van der Waals surface area contributed by atoms with Crippen LogP contribution in [-0.4, -0.2) is 15.6 Å². The molecule has 1 aliphatic carbocycles. The molecular formula is C18H13ClFNO2. The van der Waals surface area contributed by atoms with Crippen LogP contribution < -0.4 is 0 Å². The molecule has 0 spiro atoms. The molecule has 4 rings (SSSR count). The van der Waals surface area contributed by atoms with E-state index in [4.69, 9.17) is 11.6 Å². The number of para-hydroxylation sites is 1. The minimum atomic E-state index is -1.01. The van der Waals surface area contributed by atoms with Crippen molar-refractivity contribution in [3.63, 3.8) is 0 Å². The molecule has 0 atom stereocenters. The van der Waals surface area contributed by atoms with Gasteiger partial charge in [-0.25, -0.2) is 9.18 Å². The van der Waals surface area contributed by atoms with Crippen molar-refractivity contribution in [3.05, 3.63) is 64.6 Å².